The van der Waals surface area contributed by atoms with Crippen molar-refractivity contribution < 1.29 is 61.1 Å². The Kier molecular flexibility index (Phi) is 8.27. The monoisotopic (exact) mass is 719 g/mol. The van der Waals surface area contributed by atoms with E-state index in [9.17, 15) is 37.9 Å². The number of aryl methyl sites for hydroxylation is 1. The third-order valence-electron chi connectivity index (χ3n) is 10.1. The van der Waals surface area contributed by atoms with Gasteiger partial charge in [-0.2, -0.15) is 18.4 Å². The van der Waals surface area contributed by atoms with E-state index in [0.29, 0.717) is 45.7 Å². The first kappa shape index (κ1) is 34.1. The zero-order chi connectivity index (χ0) is 36.0. The van der Waals surface area contributed by atoms with E-state index in [4.69, 9.17) is 23.7 Å². The molecule has 0 aromatic heterocycles. The maximum Gasteiger partial charge on any atom is 0.490 e. The third-order valence-corrected chi connectivity index (χ3v) is 11.5. The van der Waals surface area contributed by atoms with Crippen LogP contribution >= 0.6 is 11.8 Å². The van der Waals surface area contributed by atoms with Crippen molar-refractivity contribution in [1.29, 1.82) is 5.26 Å². The molecule has 4 bridgehead atoms. The van der Waals surface area contributed by atoms with Crippen molar-refractivity contribution in [3.63, 3.8) is 0 Å². The number of carbonyl (C=O) groups excluding carboxylic acids is 3. The molecular formula is C33H32F3N3O10S. The van der Waals surface area contributed by atoms with Crippen LogP contribution in [-0.2, 0) is 30.3 Å². The molecule has 0 amide bonds. The van der Waals surface area contributed by atoms with E-state index < -0.39 is 78.0 Å². The first-order chi connectivity index (χ1) is 23.7. The molecule has 7 rings (SSSR count). The number of esters is 3. The van der Waals surface area contributed by atoms with Crippen LogP contribution in [0.5, 0.6) is 28.7 Å². The van der Waals surface area contributed by atoms with E-state index >= 15 is 0 Å². The summed E-state index contributed by atoms with van der Waals surface area (Å²) in [6, 6.07) is 0.677. The van der Waals surface area contributed by atoms with Gasteiger partial charge in [-0.05, 0) is 38.4 Å². The van der Waals surface area contributed by atoms with E-state index in [-0.39, 0.29) is 24.0 Å². The van der Waals surface area contributed by atoms with Gasteiger partial charge in [-0.1, -0.05) is 6.07 Å². The fraction of sp³-hybridized carbons (Fsp3) is 0.515. The van der Waals surface area contributed by atoms with Crippen LogP contribution in [-0.4, -0.2) is 96.5 Å². The number of cyclic esters (lactones) is 1. The predicted molar refractivity (Wildman–Crippen MR) is 166 cm³/mol. The summed E-state index contributed by atoms with van der Waals surface area (Å²) in [6.07, 6.45) is -6.95. The number of piperazine rings is 1. The summed E-state index contributed by atoms with van der Waals surface area (Å²) in [5.41, 5.74) is 3.28. The number of halogens is 3. The molecule has 5 aliphatic rings. The number of hydrogen-bond donors (Lipinski definition) is 1. The quantitative estimate of drug-likeness (QED) is 0.362. The molecule has 2 saturated heterocycles. The van der Waals surface area contributed by atoms with E-state index in [1.165, 1.54) is 14.0 Å². The number of likely N-dealkylation sites (N-methyl/N-ethyl adjacent to an activating group) is 1. The largest absolute Gasteiger partial charge is 0.504 e. The maximum absolute atomic E-state index is 13.3. The number of nitrogens with zero attached hydrogens (tertiary/aromatic N) is 3. The Morgan fingerprint density at radius 3 is 2.50 bits per heavy atom. The van der Waals surface area contributed by atoms with Gasteiger partial charge in [0.15, 0.2) is 23.0 Å². The molecule has 2 fully saturated rings. The smallest absolute Gasteiger partial charge is 0.490 e. The Balaban J connectivity index is 1.51. The van der Waals surface area contributed by atoms with Crippen LogP contribution in [0.3, 0.4) is 0 Å². The molecule has 2 aromatic carbocycles. The van der Waals surface area contributed by atoms with Crippen LogP contribution in [0.25, 0.3) is 0 Å². The van der Waals surface area contributed by atoms with Crippen molar-refractivity contribution in [3.8, 4) is 34.8 Å². The van der Waals surface area contributed by atoms with Crippen LogP contribution in [0.1, 0.15) is 57.6 Å². The fourth-order valence-corrected chi connectivity index (χ4v) is 9.70. The fourth-order valence-electron chi connectivity index (χ4n) is 8.23. The van der Waals surface area contributed by atoms with E-state index in [1.807, 2.05) is 22.9 Å². The molecule has 266 valence electrons. The average molecular weight is 720 g/mol. The number of fused-ring (bicyclic) bond motifs is 9. The van der Waals surface area contributed by atoms with Crippen molar-refractivity contribution in [3.05, 3.63) is 39.4 Å². The van der Waals surface area contributed by atoms with Crippen LogP contribution < -0.4 is 18.9 Å². The topological polar surface area (TPSA) is 157 Å². The second-order valence-corrected chi connectivity index (χ2v) is 13.9. The number of hydrogen-bond acceptors (Lipinski definition) is 14. The Morgan fingerprint density at radius 1 is 1.12 bits per heavy atom. The molecule has 13 nitrogen and oxygen atoms in total. The summed E-state index contributed by atoms with van der Waals surface area (Å²) in [7, 11) is 3.27. The SMILES string of the molecule is COc1c(C)cc2c(c1O)[C@@H]1C3[C@@H]4SC[C@H](OC(=O)C(F)(F)F)C(=O)OC[C@H](c5c6c(c(C)c(OC(C)=O)c54)OCO6)N3[C@@H](C#N)[C@H](C2)N1C. The van der Waals surface area contributed by atoms with Crippen LogP contribution in [0.4, 0.5) is 13.2 Å². The number of thioether (sulfide) groups is 1. The van der Waals surface area contributed by atoms with Gasteiger partial charge in [0.05, 0.1) is 30.5 Å². The summed E-state index contributed by atoms with van der Waals surface area (Å²) in [5.74, 6) is -4.06. The van der Waals surface area contributed by atoms with Gasteiger partial charge < -0.3 is 33.5 Å². The van der Waals surface area contributed by atoms with Gasteiger partial charge in [-0.25, -0.2) is 9.59 Å². The second-order valence-electron chi connectivity index (χ2n) is 12.8. The number of rotatable bonds is 3. The number of carbonyl (C=O) groups is 3. The summed E-state index contributed by atoms with van der Waals surface area (Å²) in [6.45, 7) is 4.01. The van der Waals surface area contributed by atoms with Crippen molar-refractivity contribution in [2.75, 3.05) is 33.3 Å². The number of phenols is 1. The zero-order valence-electron chi connectivity index (χ0n) is 27.5. The lowest BCUT2D eigenvalue weighted by atomic mass is 9.71. The number of methoxy groups -OCH3 is 1. The third kappa shape index (κ3) is 5.02. The normalized spacial score (nSPS) is 28.4. The number of ether oxygens (including phenoxy) is 6. The lowest BCUT2D eigenvalue weighted by Crippen LogP contribution is -2.69. The van der Waals surface area contributed by atoms with Gasteiger partial charge in [0, 0.05) is 47.0 Å². The Labute approximate surface area is 288 Å². The molecule has 5 heterocycles. The highest BCUT2D eigenvalue weighted by Crippen LogP contribution is 2.64. The lowest BCUT2D eigenvalue weighted by molar-refractivity contribution is -0.207. The minimum atomic E-state index is -5.37. The number of nitriles is 1. The van der Waals surface area contributed by atoms with Crippen molar-refractivity contribution in [2.45, 2.75) is 74.9 Å². The Bertz CT molecular complexity index is 1870. The number of benzene rings is 2. The summed E-state index contributed by atoms with van der Waals surface area (Å²) in [5, 5.41) is 21.7. The average Bonchev–Trinajstić information content (AvgIpc) is 3.54. The highest BCUT2D eigenvalue weighted by atomic mass is 32.2. The van der Waals surface area contributed by atoms with Crippen LogP contribution in [0.15, 0.2) is 6.07 Å². The van der Waals surface area contributed by atoms with Gasteiger partial charge in [-0.3, -0.25) is 14.6 Å². The lowest BCUT2D eigenvalue weighted by Gasteiger charge is -2.61. The molecule has 2 aromatic rings. The maximum atomic E-state index is 13.3. The van der Waals surface area contributed by atoms with E-state index in [2.05, 4.69) is 10.8 Å². The molecule has 1 unspecified atom stereocenters. The van der Waals surface area contributed by atoms with Crippen molar-refractivity contribution >= 4 is 29.7 Å². The first-order valence-corrected chi connectivity index (χ1v) is 16.7. The molecule has 0 spiro atoms. The molecule has 5 aliphatic heterocycles. The molecule has 0 radical (unpaired) electrons. The molecule has 7 atom stereocenters. The number of phenolic OH excluding ortho intramolecular Hbond substituents is 1. The summed E-state index contributed by atoms with van der Waals surface area (Å²) in [4.78, 5) is 41.8. The van der Waals surface area contributed by atoms with Gasteiger partial charge in [0.2, 0.25) is 12.9 Å². The Morgan fingerprint density at radius 2 is 1.84 bits per heavy atom. The van der Waals surface area contributed by atoms with Crippen molar-refractivity contribution in [2.24, 2.45) is 0 Å². The van der Waals surface area contributed by atoms with Gasteiger partial charge in [0.1, 0.15) is 18.4 Å². The Hall–Kier alpha value is -4.40. The van der Waals surface area contributed by atoms with Crippen molar-refractivity contribution in [1.82, 2.24) is 9.80 Å². The number of alkyl halides is 3. The predicted octanol–water partition coefficient (Wildman–Crippen LogP) is 3.71. The standard InChI is InChI=1S/C33H32F3N3O10S/c1-12-6-15-7-16-17(8-37)39-18-9-45-31(42)19(49-32(43)33(34,35)36)10-50-30(24(39)23(38(16)4)20(15)25(41)26(12)44-5)22-21(18)29-28(46-11-47-29)13(2)27(22)48-14(3)40/h6,16-19,23-24,30,41H,7,9-11H2,1-5H3/t16-,17-,18+,19-,23+,24?,30+/m0/s1. The molecule has 0 saturated carbocycles. The van der Waals surface area contributed by atoms with E-state index in [0.717, 1.165) is 17.3 Å². The highest BCUT2D eigenvalue weighted by molar-refractivity contribution is 7.99. The molecule has 0 aliphatic carbocycles. The minimum absolute atomic E-state index is 0.100. The summed E-state index contributed by atoms with van der Waals surface area (Å²) >= 11 is 0.975. The molecule has 17 heteroatoms. The van der Waals surface area contributed by atoms with Gasteiger partial charge >= 0.3 is 24.1 Å². The second kappa shape index (κ2) is 12.1. The molecular weight excluding hydrogens is 687 g/mol. The molecule has 1 N–H and O–H groups in total. The number of aromatic hydroxyl groups is 1. The van der Waals surface area contributed by atoms with E-state index in [1.54, 1.807) is 13.8 Å². The molecule has 50 heavy (non-hydrogen) atoms. The zero-order valence-corrected chi connectivity index (χ0v) is 28.3. The first-order valence-electron chi connectivity index (χ1n) is 15.7. The van der Waals surface area contributed by atoms with Crippen LogP contribution in [0, 0.1) is 25.2 Å². The van der Waals surface area contributed by atoms with Gasteiger partial charge in [-0.15, -0.1) is 11.8 Å². The van der Waals surface area contributed by atoms with Crippen LogP contribution in [0.2, 0.25) is 0 Å². The minimum Gasteiger partial charge on any atom is -0.504 e. The summed E-state index contributed by atoms with van der Waals surface area (Å²) < 4.78 is 73.5. The van der Waals surface area contributed by atoms with Gasteiger partial charge in [0.25, 0.3) is 0 Å². The highest BCUT2D eigenvalue weighted by Gasteiger charge is 2.61.